The first-order chi connectivity index (χ1) is 9.09. The summed E-state index contributed by atoms with van der Waals surface area (Å²) in [4.78, 5) is 11.2. The Kier molecular flexibility index (Phi) is 4.88. The lowest BCUT2D eigenvalue weighted by Gasteiger charge is -2.28. The van der Waals surface area contributed by atoms with E-state index in [-0.39, 0.29) is 0 Å². The van der Waals surface area contributed by atoms with E-state index in [1.165, 1.54) is 19.2 Å². The van der Waals surface area contributed by atoms with E-state index >= 15 is 0 Å². The molecule has 5 nitrogen and oxygen atoms in total. The minimum atomic E-state index is -4.15. The average Bonchev–Trinajstić information content (AvgIpc) is 2.34. The van der Waals surface area contributed by atoms with Gasteiger partial charge in [0.15, 0.2) is 0 Å². The Morgan fingerprint density at radius 2 is 1.85 bits per heavy atom. The highest BCUT2D eigenvalue weighted by atomic mass is 32.2. The van der Waals surface area contributed by atoms with Crippen LogP contribution >= 0.6 is 0 Å². The van der Waals surface area contributed by atoms with Gasteiger partial charge in [-0.25, -0.2) is 12.8 Å². The fourth-order valence-electron chi connectivity index (χ4n) is 1.58. The molecule has 0 aliphatic carbocycles. The molecule has 0 aromatic heterocycles. The molecular weight excluding hydrogens is 285 g/mol. The van der Waals surface area contributed by atoms with Crippen LogP contribution in [-0.2, 0) is 19.6 Å². The van der Waals surface area contributed by atoms with Crippen molar-refractivity contribution in [1.29, 1.82) is 0 Å². The van der Waals surface area contributed by atoms with E-state index in [4.69, 9.17) is 0 Å². The maximum absolute atomic E-state index is 13.6. The number of benzene rings is 1. The molecular formula is C13H18FNO4S. The summed E-state index contributed by atoms with van der Waals surface area (Å²) in [5.74, 6) is -1.60. The van der Waals surface area contributed by atoms with Crippen molar-refractivity contribution in [1.82, 2.24) is 4.72 Å². The zero-order chi connectivity index (χ0) is 15.6. The quantitative estimate of drug-likeness (QED) is 0.859. The van der Waals surface area contributed by atoms with Gasteiger partial charge in [0.25, 0.3) is 0 Å². The second kappa shape index (κ2) is 5.88. The summed E-state index contributed by atoms with van der Waals surface area (Å²) in [6.45, 7) is 5.04. The largest absolute Gasteiger partial charge is 0.468 e. The lowest BCUT2D eigenvalue weighted by Crippen LogP contribution is -2.49. The van der Waals surface area contributed by atoms with Crippen LogP contribution in [0.5, 0.6) is 0 Å². The third kappa shape index (κ3) is 3.77. The number of methoxy groups -OCH3 is 1. The monoisotopic (exact) mass is 303 g/mol. The van der Waals surface area contributed by atoms with Crippen LogP contribution in [0.4, 0.5) is 4.39 Å². The summed E-state index contributed by atoms with van der Waals surface area (Å²) in [6, 6.07) is 3.85. The number of hydrogen-bond acceptors (Lipinski definition) is 4. The molecule has 0 radical (unpaired) electrons. The summed E-state index contributed by atoms with van der Waals surface area (Å²) in [5.41, 5.74) is -0.717. The van der Waals surface area contributed by atoms with Crippen LogP contribution in [-0.4, -0.2) is 27.5 Å². The summed E-state index contributed by atoms with van der Waals surface area (Å²) in [7, 11) is -2.99. The lowest BCUT2D eigenvalue weighted by atomic mass is 9.87. The van der Waals surface area contributed by atoms with Gasteiger partial charge in [-0.2, -0.15) is 4.72 Å². The molecule has 0 bridgehead atoms. The molecule has 1 atom stereocenters. The Balaban J connectivity index is 3.17. The standard InChI is InChI=1S/C13H18FNO4S/c1-13(2,3)11(12(16)19-4)15-20(17,18)10-8-6-5-7-9(10)14/h5-8,11,15H,1-4H3. The predicted molar refractivity (Wildman–Crippen MR) is 72.0 cm³/mol. The maximum atomic E-state index is 13.6. The molecule has 0 heterocycles. The molecule has 1 aromatic rings. The molecule has 1 N–H and O–H groups in total. The molecule has 112 valence electrons. The highest BCUT2D eigenvalue weighted by Gasteiger charge is 2.36. The molecule has 0 amide bonds. The van der Waals surface area contributed by atoms with Crippen LogP contribution < -0.4 is 4.72 Å². The Bertz CT molecular complexity index is 593. The molecule has 0 fully saturated rings. The van der Waals surface area contributed by atoms with Crippen molar-refractivity contribution in [3.05, 3.63) is 30.1 Å². The van der Waals surface area contributed by atoms with E-state index in [0.717, 1.165) is 12.1 Å². The first-order valence-electron chi connectivity index (χ1n) is 5.94. The van der Waals surface area contributed by atoms with Crippen molar-refractivity contribution in [2.75, 3.05) is 7.11 Å². The van der Waals surface area contributed by atoms with Crippen LogP contribution in [0.2, 0.25) is 0 Å². The van der Waals surface area contributed by atoms with Gasteiger partial charge in [0.05, 0.1) is 7.11 Å². The van der Waals surface area contributed by atoms with Gasteiger partial charge in [-0.15, -0.1) is 0 Å². The maximum Gasteiger partial charge on any atom is 0.324 e. The van der Waals surface area contributed by atoms with Gasteiger partial charge in [-0.1, -0.05) is 32.9 Å². The van der Waals surface area contributed by atoms with Gasteiger partial charge in [0.2, 0.25) is 10.0 Å². The minimum Gasteiger partial charge on any atom is -0.468 e. The van der Waals surface area contributed by atoms with E-state index in [0.29, 0.717) is 0 Å². The average molecular weight is 303 g/mol. The van der Waals surface area contributed by atoms with E-state index in [2.05, 4.69) is 9.46 Å². The highest BCUT2D eigenvalue weighted by Crippen LogP contribution is 2.23. The third-order valence-corrected chi connectivity index (χ3v) is 4.16. The molecule has 1 rings (SSSR count). The van der Waals surface area contributed by atoms with Crippen molar-refractivity contribution < 1.29 is 22.3 Å². The number of rotatable bonds is 4. The van der Waals surface area contributed by atoms with Crippen LogP contribution in [0.15, 0.2) is 29.2 Å². The number of esters is 1. The van der Waals surface area contributed by atoms with Crippen LogP contribution in [0, 0.1) is 11.2 Å². The summed E-state index contributed by atoms with van der Waals surface area (Å²) in [5, 5.41) is 0. The topological polar surface area (TPSA) is 72.5 Å². The van der Waals surface area contributed by atoms with Gasteiger partial charge in [0.1, 0.15) is 16.8 Å². The van der Waals surface area contributed by atoms with E-state index in [1.54, 1.807) is 20.8 Å². The first kappa shape index (κ1) is 16.6. The van der Waals surface area contributed by atoms with Gasteiger partial charge < -0.3 is 4.74 Å². The lowest BCUT2D eigenvalue weighted by molar-refractivity contribution is -0.145. The molecule has 0 aliphatic heterocycles. The highest BCUT2D eigenvalue weighted by molar-refractivity contribution is 7.89. The Labute approximate surface area is 118 Å². The molecule has 0 saturated carbocycles. The summed E-state index contributed by atoms with van der Waals surface area (Å²) < 4.78 is 44.7. The number of hydrogen-bond donors (Lipinski definition) is 1. The predicted octanol–water partition coefficient (Wildman–Crippen LogP) is 1.69. The summed E-state index contributed by atoms with van der Waals surface area (Å²) in [6.07, 6.45) is 0. The van der Waals surface area contributed by atoms with Crippen molar-refractivity contribution in [2.45, 2.75) is 31.7 Å². The van der Waals surface area contributed by atoms with E-state index in [9.17, 15) is 17.6 Å². The molecule has 7 heteroatoms. The normalized spacial score (nSPS) is 13.8. The second-order valence-corrected chi connectivity index (χ2v) is 7.06. The van der Waals surface area contributed by atoms with E-state index in [1.807, 2.05) is 0 Å². The third-order valence-electron chi connectivity index (χ3n) is 2.70. The molecule has 0 spiro atoms. The fraction of sp³-hybridized carbons (Fsp3) is 0.462. The van der Waals surface area contributed by atoms with Crippen LogP contribution in [0.25, 0.3) is 0 Å². The zero-order valence-corrected chi connectivity index (χ0v) is 12.6. The van der Waals surface area contributed by atoms with Crippen molar-refractivity contribution in [3.8, 4) is 0 Å². The number of halogens is 1. The minimum absolute atomic E-state index is 0.502. The van der Waals surface area contributed by atoms with Crippen molar-refractivity contribution in [3.63, 3.8) is 0 Å². The molecule has 20 heavy (non-hydrogen) atoms. The number of carbonyl (C=O) groups excluding carboxylic acids is 1. The Hall–Kier alpha value is -1.47. The SMILES string of the molecule is COC(=O)C(NS(=O)(=O)c1ccccc1F)C(C)(C)C. The number of nitrogens with one attached hydrogen (secondary N) is 1. The summed E-state index contributed by atoms with van der Waals surface area (Å²) >= 11 is 0. The van der Waals surface area contributed by atoms with Crippen molar-refractivity contribution >= 4 is 16.0 Å². The molecule has 0 saturated heterocycles. The zero-order valence-electron chi connectivity index (χ0n) is 11.8. The fourth-order valence-corrected chi connectivity index (χ4v) is 3.05. The molecule has 1 unspecified atom stereocenters. The number of carbonyl (C=O) groups is 1. The number of sulfonamides is 1. The smallest absolute Gasteiger partial charge is 0.324 e. The Morgan fingerprint density at radius 1 is 1.30 bits per heavy atom. The first-order valence-corrected chi connectivity index (χ1v) is 7.42. The van der Waals surface area contributed by atoms with Crippen LogP contribution in [0.1, 0.15) is 20.8 Å². The van der Waals surface area contributed by atoms with E-state index < -0.39 is 38.2 Å². The second-order valence-electron chi connectivity index (χ2n) is 5.37. The molecule has 1 aromatic carbocycles. The number of ether oxygens (including phenoxy) is 1. The Morgan fingerprint density at radius 3 is 2.30 bits per heavy atom. The van der Waals surface area contributed by atoms with Gasteiger partial charge >= 0.3 is 5.97 Å². The van der Waals surface area contributed by atoms with Gasteiger partial charge in [0, 0.05) is 0 Å². The van der Waals surface area contributed by atoms with Gasteiger partial charge in [-0.05, 0) is 17.5 Å². The molecule has 0 aliphatic rings. The van der Waals surface area contributed by atoms with Gasteiger partial charge in [-0.3, -0.25) is 4.79 Å². The van der Waals surface area contributed by atoms with Crippen molar-refractivity contribution in [2.24, 2.45) is 5.41 Å². The van der Waals surface area contributed by atoms with Crippen LogP contribution in [0.3, 0.4) is 0 Å².